The molecule has 2 aromatic carbocycles. The number of nitrogens with one attached hydrogen (secondary N) is 1. The Labute approximate surface area is 207 Å². The van der Waals surface area contributed by atoms with Gasteiger partial charge in [-0.05, 0) is 47.4 Å². The van der Waals surface area contributed by atoms with Gasteiger partial charge in [0.1, 0.15) is 5.82 Å². The predicted octanol–water partition coefficient (Wildman–Crippen LogP) is 4.20. The highest BCUT2D eigenvalue weighted by Gasteiger charge is 2.20. The van der Waals surface area contributed by atoms with Gasteiger partial charge >= 0.3 is 0 Å². The van der Waals surface area contributed by atoms with Crippen LogP contribution in [-0.4, -0.2) is 61.5 Å². The molecule has 6 nitrogen and oxygen atoms in total. The first-order chi connectivity index (χ1) is 17.4. The van der Waals surface area contributed by atoms with E-state index in [4.69, 9.17) is 5.73 Å². The van der Waals surface area contributed by atoms with Gasteiger partial charge in [0.2, 0.25) is 12.4 Å². The number of rotatable bonds is 6. The molecule has 5 rings (SSSR count). The summed E-state index contributed by atoms with van der Waals surface area (Å²) in [5, 5.41) is 2.83. The third-order valence-corrected chi connectivity index (χ3v) is 6.93. The molecule has 2 aliphatic heterocycles. The quantitative estimate of drug-likeness (QED) is 0.502. The molecule has 0 atom stereocenters. The molecule has 188 valence electrons. The highest BCUT2D eigenvalue weighted by molar-refractivity contribution is 5.97. The number of nitrogens with zero attached hydrogens (tertiary/aromatic N) is 3. The first kappa shape index (κ1) is 24.1. The lowest BCUT2D eigenvalue weighted by molar-refractivity contribution is 0.0946. The molecule has 3 aromatic rings. The molecule has 2 aliphatic rings. The van der Waals surface area contributed by atoms with Crippen LogP contribution in [0.3, 0.4) is 0 Å². The van der Waals surface area contributed by atoms with Gasteiger partial charge in [0.05, 0.1) is 0 Å². The van der Waals surface area contributed by atoms with E-state index in [0.29, 0.717) is 35.3 Å². The van der Waals surface area contributed by atoms with E-state index in [1.807, 2.05) is 36.4 Å². The Kier molecular flexibility index (Phi) is 6.82. The first-order valence-electron chi connectivity index (χ1n) is 12.1. The predicted molar refractivity (Wildman–Crippen MR) is 135 cm³/mol. The van der Waals surface area contributed by atoms with E-state index in [1.165, 1.54) is 0 Å². The van der Waals surface area contributed by atoms with Crippen LogP contribution in [0.2, 0.25) is 0 Å². The maximum atomic E-state index is 14.9. The molecule has 0 spiro atoms. The number of aromatic nitrogens is 1. The second kappa shape index (κ2) is 10.2. The van der Waals surface area contributed by atoms with Gasteiger partial charge < -0.3 is 16.0 Å². The molecule has 1 saturated heterocycles. The summed E-state index contributed by atoms with van der Waals surface area (Å²) >= 11 is 0. The number of amides is 1. The lowest BCUT2D eigenvalue weighted by atomic mass is 9.94. The van der Waals surface area contributed by atoms with E-state index >= 15 is 0 Å². The lowest BCUT2D eigenvalue weighted by Crippen LogP contribution is -2.46. The molecular weight excluding hydrogens is 467 g/mol. The van der Waals surface area contributed by atoms with Gasteiger partial charge in [0.15, 0.2) is 0 Å². The Morgan fingerprint density at radius 2 is 1.67 bits per heavy atom. The van der Waals surface area contributed by atoms with Crippen LogP contribution in [0.1, 0.15) is 22.3 Å². The van der Waals surface area contributed by atoms with E-state index in [-0.39, 0.29) is 18.1 Å². The molecule has 1 fully saturated rings. The van der Waals surface area contributed by atoms with Gasteiger partial charge in [0, 0.05) is 68.1 Å². The molecule has 3 heterocycles. The maximum absolute atomic E-state index is 14.9. The highest BCUT2D eigenvalue weighted by Crippen LogP contribution is 2.34. The van der Waals surface area contributed by atoms with Crippen molar-refractivity contribution >= 4 is 17.4 Å². The van der Waals surface area contributed by atoms with Crippen LogP contribution in [0.25, 0.3) is 22.3 Å². The number of hydrogen-bond donors (Lipinski definition) is 2. The second-order valence-electron chi connectivity index (χ2n) is 9.19. The summed E-state index contributed by atoms with van der Waals surface area (Å²) in [5.41, 5.74) is 11.1. The normalized spacial score (nSPS) is 16.2. The zero-order valence-electron chi connectivity index (χ0n) is 19.8. The van der Waals surface area contributed by atoms with Gasteiger partial charge in [0.25, 0.3) is 5.91 Å². The number of anilines is 2. The fourth-order valence-electron chi connectivity index (χ4n) is 4.89. The van der Waals surface area contributed by atoms with Crippen LogP contribution < -0.4 is 16.0 Å². The Hall–Kier alpha value is -3.59. The molecule has 1 amide bonds. The van der Waals surface area contributed by atoms with Crippen LogP contribution in [0.4, 0.5) is 24.7 Å². The van der Waals surface area contributed by atoms with Crippen molar-refractivity contribution in [3.05, 3.63) is 65.6 Å². The Bertz CT molecular complexity index is 1260. The molecule has 3 N–H and O–H groups in total. The molecule has 0 bridgehead atoms. The summed E-state index contributed by atoms with van der Waals surface area (Å²) in [6.45, 7) is 3.96. The number of alkyl halides is 2. The maximum Gasteiger partial charge on any atom is 0.251 e. The minimum absolute atomic E-state index is 0.0941. The number of benzene rings is 2. The molecule has 0 saturated carbocycles. The number of halogens is 3. The van der Waals surface area contributed by atoms with Crippen molar-refractivity contribution in [2.24, 2.45) is 0 Å². The number of fused-ring (bicyclic) bond motifs is 1. The van der Waals surface area contributed by atoms with Gasteiger partial charge in [-0.3, -0.25) is 9.69 Å². The molecule has 1 aromatic heterocycles. The van der Waals surface area contributed by atoms with Gasteiger partial charge in [-0.15, -0.1) is 0 Å². The number of carbonyl (C=O) groups is 1. The zero-order chi connectivity index (χ0) is 25.2. The van der Waals surface area contributed by atoms with Crippen molar-refractivity contribution < 1.29 is 18.0 Å². The van der Waals surface area contributed by atoms with Crippen LogP contribution in [0.15, 0.2) is 48.5 Å². The Morgan fingerprint density at radius 3 is 2.39 bits per heavy atom. The zero-order valence-corrected chi connectivity index (χ0v) is 19.8. The second-order valence-corrected chi connectivity index (χ2v) is 9.19. The summed E-state index contributed by atoms with van der Waals surface area (Å²) in [6.07, 6.45) is -1.65. The molecule has 0 unspecified atom stereocenters. The molecule has 36 heavy (non-hydrogen) atoms. The van der Waals surface area contributed by atoms with Crippen LogP contribution >= 0.6 is 0 Å². The fraction of sp³-hybridized carbons (Fsp3) is 0.333. The lowest BCUT2D eigenvalue weighted by Gasteiger charge is -2.36. The largest absolute Gasteiger partial charge is 0.383 e. The number of carbonyl (C=O) groups excluding carboxylic acids is 1. The third-order valence-electron chi connectivity index (χ3n) is 6.93. The third kappa shape index (κ3) is 5.02. The number of piperazine rings is 1. The van der Waals surface area contributed by atoms with E-state index in [1.54, 1.807) is 12.1 Å². The summed E-state index contributed by atoms with van der Waals surface area (Å²) in [6, 6.07) is 14.8. The van der Waals surface area contributed by atoms with E-state index < -0.39 is 12.4 Å². The van der Waals surface area contributed by atoms with E-state index in [0.717, 1.165) is 49.4 Å². The number of hydrogen-bond acceptors (Lipinski definition) is 5. The van der Waals surface area contributed by atoms with Crippen molar-refractivity contribution in [3.63, 3.8) is 0 Å². The van der Waals surface area contributed by atoms with Crippen molar-refractivity contribution in [1.82, 2.24) is 15.2 Å². The number of nitrogen functional groups attached to an aromatic ring is 1. The van der Waals surface area contributed by atoms with Crippen molar-refractivity contribution in [1.29, 1.82) is 0 Å². The molecule has 0 radical (unpaired) electrons. The first-order valence-corrected chi connectivity index (χ1v) is 12.1. The average molecular weight is 496 g/mol. The van der Waals surface area contributed by atoms with E-state index in [9.17, 15) is 18.0 Å². The van der Waals surface area contributed by atoms with Gasteiger partial charge in [-0.25, -0.2) is 13.8 Å². The highest BCUT2D eigenvalue weighted by atomic mass is 19.3. The minimum Gasteiger partial charge on any atom is -0.383 e. The minimum atomic E-state index is -2.27. The topological polar surface area (TPSA) is 74.5 Å². The van der Waals surface area contributed by atoms with Gasteiger partial charge in [-0.1, -0.05) is 24.3 Å². The SMILES string of the molecule is Nc1nc(F)c(-c2ccc(N3CCN(CCC(F)F)CC3)cc2)cc1-c1ccc2c(c1)CCNC2=O. The molecule has 9 heteroatoms. The summed E-state index contributed by atoms with van der Waals surface area (Å²) in [7, 11) is 0. The van der Waals surface area contributed by atoms with E-state index in [2.05, 4.69) is 20.1 Å². The van der Waals surface area contributed by atoms with Crippen LogP contribution in [-0.2, 0) is 6.42 Å². The van der Waals surface area contributed by atoms with Gasteiger partial charge in [-0.2, -0.15) is 4.39 Å². The fourth-order valence-corrected chi connectivity index (χ4v) is 4.89. The monoisotopic (exact) mass is 495 g/mol. The van der Waals surface area contributed by atoms with Crippen molar-refractivity contribution in [2.75, 3.05) is 49.9 Å². The Balaban J connectivity index is 1.35. The van der Waals surface area contributed by atoms with Crippen molar-refractivity contribution in [2.45, 2.75) is 19.3 Å². The number of nitrogens with two attached hydrogens (primary N) is 1. The van der Waals surface area contributed by atoms with Crippen LogP contribution in [0, 0.1) is 5.95 Å². The summed E-state index contributed by atoms with van der Waals surface area (Å²) in [4.78, 5) is 20.3. The Morgan fingerprint density at radius 1 is 0.944 bits per heavy atom. The summed E-state index contributed by atoms with van der Waals surface area (Å²) < 4.78 is 39.8. The molecule has 0 aliphatic carbocycles. The van der Waals surface area contributed by atoms with Crippen molar-refractivity contribution in [3.8, 4) is 22.3 Å². The smallest absolute Gasteiger partial charge is 0.251 e. The van der Waals surface area contributed by atoms with Crippen LogP contribution in [0.5, 0.6) is 0 Å². The molecular formula is C27H28F3N5O. The average Bonchev–Trinajstić information content (AvgIpc) is 2.88. The number of pyridine rings is 1. The summed E-state index contributed by atoms with van der Waals surface area (Å²) in [5.74, 6) is -0.643. The standard InChI is InChI=1S/C27H28F3N5O/c28-24(29)8-10-34-11-13-35(14-12-34)20-4-1-17(2-5-20)22-16-23(26(31)33-25(22)30)18-3-6-21-19(15-18)7-9-32-27(21)36/h1-6,15-16,24H,7-14H2,(H2,31,33)(H,32,36).